The minimum Gasteiger partial charge on any atom is -0.378 e. The molecule has 2 N–H and O–H groups in total. The lowest BCUT2D eigenvalue weighted by molar-refractivity contribution is -0.383. The minimum absolute atomic E-state index is 0.0391. The Kier molecular flexibility index (Phi) is 5.17. The number of nitrogens with two attached hydrogens (primary N) is 1. The third kappa shape index (κ3) is 3.82. The van der Waals surface area contributed by atoms with E-state index in [0.717, 1.165) is 19.5 Å². The fraction of sp³-hybridized carbons (Fsp3) is 0.765. The average Bonchev–Trinajstić information content (AvgIpc) is 2.51. The molecule has 0 radical (unpaired) electrons. The number of aromatic nitrogens is 2. The Balaban J connectivity index is 2.01. The number of nitrogen functional groups attached to an aromatic ring is 1. The van der Waals surface area contributed by atoms with Crippen molar-refractivity contribution >= 4 is 23.3 Å². The molecule has 1 aromatic heterocycles. The number of nitrogens with zero attached hydrogens (tertiary/aromatic N) is 5. The summed E-state index contributed by atoms with van der Waals surface area (Å²) in [4.78, 5) is 24.0. The molecule has 0 aliphatic carbocycles. The van der Waals surface area contributed by atoms with Crippen molar-refractivity contribution in [1.82, 2.24) is 9.97 Å². The van der Waals surface area contributed by atoms with Gasteiger partial charge in [0, 0.05) is 26.2 Å². The largest absolute Gasteiger partial charge is 0.378 e. The van der Waals surface area contributed by atoms with Crippen molar-refractivity contribution in [3.05, 3.63) is 10.1 Å². The van der Waals surface area contributed by atoms with E-state index in [-0.39, 0.29) is 23.7 Å². The molecular weight excluding hydrogens is 336 g/mol. The number of nitro groups is 1. The second kappa shape index (κ2) is 7.22. The topological polar surface area (TPSA) is 111 Å². The van der Waals surface area contributed by atoms with Gasteiger partial charge in [-0.15, -0.1) is 0 Å². The Labute approximate surface area is 153 Å². The number of hydrogen-bond acceptors (Lipinski definition) is 8. The summed E-state index contributed by atoms with van der Waals surface area (Å²) in [6.07, 6.45) is 1.19. The molecule has 3 rings (SSSR count). The molecule has 2 fully saturated rings. The summed E-state index contributed by atoms with van der Waals surface area (Å²) in [5.41, 5.74) is 5.81. The lowest BCUT2D eigenvalue weighted by Gasteiger charge is -2.37. The standard InChI is InChI=1S/C17H28N6O3/c1-10-5-11(2)7-21(6-10)16-14(23(24)25)15(18)19-17(20-16)22-8-12(3)26-13(4)9-22/h10-13H,5-9H2,1-4H3,(H2,18,19,20). The molecule has 9 heteroatoms. The molecule has 1 aromatic rings. The predicted molar refractivity (Wildman–Crippen MR) is 100 cm³/mol. The molecule has 2 aliphatic heterocycles. The first-order valence-corrected chi connectivity index (χ1v) is 9.21. The molecule has 2 aliphatic rings. The van der Waals surface area contributed by atoms with E-state index in [0.29, 0.717) is 36.7 Å². The predicted octanol–water partition coefficient (Wildman–Crippen LogP) is 2.06. The van der Waals surface area contributed by atoms with E-state index in [4.69, 9.17) is 10.5 Å². The molecule has 4 unspecified atom stereocenters. The van der Waals surface area contributed by atoms with E-state index in [1.165, 1.54) is 0 Å². The molecule has 0 spiro atoms. The lowest BCUT2D eigenvalue weighted by atomic mass is 9.92. The van der Waals surface area contributed by atoms with Crippen molar-refractivity contribution < 1.29 is 9.66 Å². The number of anilines is 3. The van der Waals surface area contributed by atoms with Crippen molar-refractivity contribution in [3.63, 3.8) is 0 Å². The van der Waals surface area contributed by atoms with Gasteiger partial charge in [0.05, 0.1) is 17.1 Å². The molecule has 3 heterocycles. The van der Waals surface area contributed by atoms with Gasteiger partial charge in [0.2, 0.25) is 17.6 Å². The molecule has 0 aromatic carbocycles. The van der Waals surface area contributed by atoms with Crippen LogP contribution in [-0.2, 0) is 4.74 Å². The Morgan fingerprint density at radius 1 is 1.04 bits per heavy atom. The zero-order valence-corrected chi connectivity index (χ0v) is 15.9. The van der Waals surface area contributed by atoms with Gasteiger partial charge in [-0.3, -0.25) is 10.1 Å². The first-order valence-electron chi connectivity index (χ1n) is 9.21. The van der Waals surface area contributed by atoms with Crippen molar-refractivity contribution in [3.8, 4) is 0 Å². The quantitative estimate of drug-likeness (QED) is 0.641. The van der Waals surface area contributed by atoms with Gasteiger partial charge < -0.3 is 20.3 Å². The maximum Gasteiger partial charge on any atom is 0.353 e. The van der Waals surface area contributed by atoms with Gasteiger partial charge in [-0.05, 0) is 32.1 Å². The van der Waals surface area contributed by atoms with E-state index in [1.54, 1.807) is 0 Å². The van der Waals surface area contributed by atoms with Crippen molar-refractivity contribution in [2.75, 3.05) is 41.7 Å². The zero-order valence-electron chi connectivity index (χ0n) is 15.9. The second-order valence-corrected chi connectivity index (χ2v) is 7.85. The Morgan fingerprint density at radius 3 is 2.15 bits per heavy atom. The normalized spacial score (nSPS) is 29.7. The third-order valence-electron chi connectivity index (χ3n) is 4.93. The first-order chi connectivity index (χ1) is 12.2. The monoisotopic (exact) mass is 364 g/mol. The van der Waals surface area contributed by atoms with Gasteiger partial charge >= 0.3 is 5.69 Å². The summed E-state index contributed by atoms with van der Waals surface area (Å²) >= 11 is 0. The van der Waals surface area contributed by atoms with Gasteiger partial charge in [0.25, 0.3) is 0 Å². The summed E-state index contributed by atoms with van der Waals surface area (Å²) in [6, 6.07) is 0. The third-order valence-corrected chi connectivity index (χ3v) is 4.93. The van der Waals surface area contributed by atoms with Crippen molar-refractivity contribution in [2.24, 2.45) is 11.8 Å². The van der Waals surface area contributed by atoms with Crippen LogP contribution in [0.5, 0.6) is 0 Å². The van der Waals surface area contributed by atoms with Gasteiger partial charge in [0.1, 0.15) is 0 Å². The SMILES string of the molecule is CC1CC(C)CN(c2nc(N3CC(C)OC(C)C3)nc(N)c2[N+](=O)[O-])C1. The minimum atomic E-state index is -0.469. The Morgan fingerprint density at radius 2 is 1.62 bits per heavy atom. The summed E-state index contributed by atoms with van der Waals surface area (Å²) in [6.45, 7) is 11.0. The number of ether oxygens (including phenoxy) is 1. The molecule has 144 valence electrons. The highest BCUT2D eigenvalue weighted by Gasteiger charge is 2.33. The highest BCUT2D eigenvalue weighted by molar-refractivity contribution is 5.71. The van der Waals surface area contributed by atoms with Crippen LogP contribution in [0.2, 0.25) is 0 Å². The number of piperidine rings is 1. The first kappa shape index (κ1) is 18.6. The van der Waals surface area contributed by atoms with Gasteiger partial charge in [0.15, 0.2) is 0 Å². The summed E-state index contributed by atoms with van der Waals surface area (Å²) < 4.78 is 5.76. The summed E-state index contributed by atoms with van der Waals surface area (Å²) in [7, 11) is 0. The maximum absolute atomic E-state index is 11.6. The maximum atomic E-state index is 11.6. The van der Waals surface area contributed by atoms with E-state index in [2.05, 4.69) is 23.8 Å². The summed E-state index contributed by atoms with van der Waals surface area (Å²) in [5.74, 6) is 1.59. The average molecular weight is 364 g/mol. The van der Waals surface area contributed by atoms with Crippen molar-refractivity contribution in [2.45, 2.75) is 46.3 Å². The van der Waals surface area contributed by atoms with Crippen LogP contribution in [0.25, 0.3) is 0 Å². The fourth-order valence-electron chi connectivity index (χ4n) is 4.16. The van der Waals surface area contributed by atoms with Crippen LogP contribution in [0, 0.1) is 22.0 Å². The molecule has 2 saturated heterocycles. The van der Waals surface area contributed by atoms with E-state index in [9.17, 15) is 10.1 Å². The van der Waals surface area contributed by atoms with Crippen LogP contribution in [0.1, 0.15) is 34.1 Å². The van der Waals surface area contributed by atoms with Gasteiger partial charge in [-0.25, -0.2) is 0 Å². The smallest absolute Gasteiger partial charge is 0.353 e. The van der Waals surface area contributed by atoms with Crippen LogP contribution >= 0.6 is 0 Å². The van der Waals surface area contributed by atoms with Gasteiger partial charge in [-0.2, -0.15) is 9.97 Å². The lowest BCUT2D eigenvalue weighted by Crippen LogP contribution is -2.46. The van der Waals surface area contributed by atoms with Crippen LogP contribution in [0.4, 0.5) is 23.3 Å². The van der Waals surface area contributed by atoms with Crippen LogP contribution < -0.4 is 15.5 Å². The number of rotatable bonds is 3. The number of hydrogen-bond donors (Lipinski definition) is 1. The molecule has 0 amide bonds. The zero-order chi connectivity index (χ0) is 19.0. The molecule has 9 nitrogen and oxygen atoms in total. The van der Waals surface area contributed by atoms with Crippen LogP contribution in [0.15, 0.2) is 0 Å². The molecular formula is C17H28N6O3. The van der Waals surface area contributed by atoms with E-state index < -0.39 is 4.92 Å². The number of morpholine rings is 1. The molecule has 4 atom stereocenters. The molecule has 26 heavy (non-hydrogen) atoms. The van der Waals surface area contributed by atoms with E-state index >= 15 is 0 Å². The Bertz CT molecular complexity index is 665. The molecule has 0 bridgehead atoms. The van der Waals surface area contributed by atoms with Crippen LogP contribution in [0.3, 0.4) is 0 Å². The second-order valence-electron chi connectivity index (χ2n) is 7.85. The highest BCUT2D eigenvalue weighted by Crippen LogP contribution is 2.36. The van der Waals surface area contributed by atoms with Gasteiger partial charge in [-0.1, -0.05) is 13.8 Å². The van der Waals surface area contributed by atoms with Crippen LogP contribution in [-0.4, -0.2) is 53.3 Å². The summed E-state index contributed by atoms with van der Waals surface area (Å²) in [5, 5.41) is 11.6. The Hall–Kier alpha value is -2.16. The van der Waals surface area contributed by atoms with Crippen molar-refractivity contribution in [1.29, 1.82) is 0 Å². The fourth-order valence-corrected chi connectivity index (χ4v) is 4.16. The van der Waals surface area contributed by atoms with E-state index in [1.807, 2.05) is 23.6 Å². The molecule has 0 saturated carbocycles. The highest BCUT2D eigenvalue weighted by atomic mass is 16.6.